The third-order valence-electron chi connectivity index (χ3n) is 3.83. The largest absolute Gasteiger partial charge is 0.343 e. The van der Waals surface area contributed by atoms with Crippen LogP contribution in [0.25, 0.3) is 0 Å². The molecule has 1 aromatic rings. The third kappa shape index (κ3) is 5.30. The number of aryl methyl sites for hydroxylation is 1. The van der Waals surface area contributed by atoms with Gasteiger partial charge in [0.05, 0.1) is 0 Å². The molecule has 2 heterocycles. The highest BCUT2D eigenvalue weighted by Crippen LogP contribution is 2.27. The SMILES string of the molecule is Cc1nc(C2CCN(C(=O)CCCSC(C)(C)C)CC2)no1. The fourth-order valence-electron chi connectivity index (χ4n) is 2.63. The van der Waals surface area contributed by atoms with Crippen molar-refractivity contribution < 1.29 is 9.32 Å². The monoisotopic (exact) mass is 325 g/mol. The molecule has 0 aromatic carbocycles. The van der Waals surface area contributed by atoms with E-state index in [-0.39, 0.29) is 10.7 Å². The maximum atomic E-state index is 12.2. The van der Waals surface area contributed by atoms with Crippen LogP contribution in [0.5, 0.6) is 0 Å². The Kier molecular flexibility index (Phi) is 5.89. The highest BCUT2D eigenvalue weighted by atomic mass is 32.2. The molecule has 6 heteroatoms. The molecule has 0 N–H and O–H groups in total. The van der Waals surface area contributed by atoms with Gasteiger partial charge in [-0.05, 0) is 25.0 Å². The molecule has 5 nitrogen and oxygen atoms in total. The Morgan fingerprint density at radius 2 is 2.05 bits per heavy atom. The van der Waals surface area contributed by atoms with E-state index in [2.05, 4.69) is 30.9 Å². The molecule has 0 bridgehead atoms. The quantitative estimate of drug-likeness (QED) is 0.777. The molecule has 0 saturated carbocycles. The van der Waals surface area contributed by atoms with Crippen LogP contribution in [0.15, 0.2) is 4.52 Å². The number of hydrogen-bond donors (Lipinski definition) is 0. The van der Waals surface area contributed by atoms with Crippen molar-refractivity contribution in [2.45, 2.75) is 64.0 Å². The first-order valence-corrected chi connectivity index (χ1v) is 9.05. The molecule has 22 heavy (non-hydrogen) atoms. The van der Waals surface area contributed by atoms with Gasteiger partial charge < -0.3 is 9.42 Å². The number of carbonyl (C=O) groups excluding carboxylic acids is 1. The summed E-state index contributed by atoms with van der Waals surface area (Å²) >= 11 is 1.92. The smallest absolute Gasteiger partial charge is 0.223 e. The van der Waals surface area contributed by atoms with E-state index in [0.29, 0.717) is 18.2 Å². The van der Waals surface area contributed by atoms with Gasteiger partial charge in [0.1, 0.15) is 0 Å². The van der Waals surface area contributed by atoms with E-state index in [0.717, 1.165) is 43.9 Å². The number of thioether (sulfide) groups is 1. The lowest BCUT2D eigenvalue weighted by Gasteiger charge is -2.30. The molecule has 0 radical (unpaired) electrons. The van der Waals surface area contributed by atoms with Crippen molar-refractivity contribution >= 4 is 17.7 Å². The number of hydrogen-bond acceptors (Lipinski definition) is 5. The molecule has 2 rings (SSSR count). The fourth-order valence-corrected chi connectivity index (χ4v) is 3.53. The zero-order valence-electron chi connectivity index (χ0n) is 14.1. The molecule has 0 spiro atoms. The first kappa shape index (κ1) is 17.3. The summed E-state index contributed by atoms with van der Waals surface area (Å²) in [5.41, 5.74) is 0. The Hall–Kier alpha value is -1.04. The van der Waals surface area contributed by atoms with Gasteiger partial charge in [0.25, 0.3) is 0 Å². The lowest BCUT2D eigenvalue weighted by atomic mass is 9.96. The van der Waals surface area contributed by atoms with Crippen LogP contribution in [-0.4, -0.2) is 44.5 Å². The van der Waals surface area contributed by atoms with E-state index in [9.17, 15) is 4.79 Å². The molecule has 1 aromatic heterocycles. The van der Waals surface area contributed by atoms with Crippen LogP contribution < -0.4 is 0 Å². The number of aromatic nitrogens is 2. The summed E-state index contributed by atoms with van der Waals surface area (Å²) in [7, 11) is 0. The Morgan fingerprint density at radius 1 is 1.36 bits per heavy atom. The lowest BCUT2D eigenvalue weighted by Crippen LogP contribution is -2.38. The van der Waals surface area contributed by atoms with Crippen molar-refractivity contribution in [3.05, 3.63) is 11.7 Å². The predicted molar refractivity (Wildman–Crippen MR) is 89.0 cm³/mol. The van der Waals surface area contributed by atoms with Crippen molar-refractivity contribution in [2.75, 3.05) is 18.8 Å². The van der Waals surface area contributed by atoms with Crippen LogP contribution in [0.1, 0.15) is 64.1 Å². The van der Waals surface area contributed by atoms with Crippen LogP contribution in [-0.2, 0) is 4.79 Å². The number of nitrogens with zero attached hydrogens (tertiary/aromatic N) is 3. The van der Waals surface area contributed by atoms with E-state index in [1.807, 2.05) is 23.6 Å². The van der Waals surface area contributed by atoms with E-state index in [1.54, 1.807) is 0 Å². The van der Waals surface area contributed by atoms with Crippen LogP contribution in [0, 0.1) is 6.92 Å². The highest BCUT2D eigenvalue weighted by molar-refractivity contribution is 8.00. The van der Waals surface area contributed by atoms with Gasteiger partial charge in [0.15, 0.2) is 5.82 Å². The van der Waals surface area contributed by atoms with Crippen LogP contribution in [0.2, 0.25) is 0 Å². The molecule has 1 aliphatic heterocycles. The second-order valence-corrected chi connectivity index (χ2v) is 8.81. The first-order chi connectivity index (χ1) is 10.3. The Labute approximate surface area is 137 Å². The first-order valence-electron chi connectivity index (χ1n) is 8.07. The summed E-state index contributed by atoms with van der Waals surface area (Å²) in [6.07, 6.45) is 3.49. The molecule has 124 valence electrons. The minimum Gasteiger partial charge on any atom is -0.343 e. The molecular weight excluding hydrogens is 298 g/mol. The molecule has 1 amide bonds. The second kappa shape index (κ2) is 7.49. The maximum absolute atomic E-state index is 12.2. The summed E-state index contributed by atoms with van der Waals surface area (Å²) in [4.78, 5) is 18.5. The van der Waals surface area contributed by atoms with Crippen LogP contribution in [0.3, 0.4) is 0 Å². The van der Waals surface area contributed by atoms with Crippen molar-refractivity contribution in [1.82, 2.24) is 15.0 Å². The number of likely N-dealkylation sites (tertiary alicyclic amines) is 1. The van der Waals surface area contributed by atoms with Crippen LogP contribution in [0.4, 0.5) is 0 Å². The molecular formula is C16H27N3O2S. The van der Waals surface area contributed by atoms with Gasteiger partial charge in [-0.3, -0.25) is 4.79 Å². The second-order valence-electron chi connectivity index (χ2n) is 6.89. The molecule has 1 aliphatic rings. The summed E-state index contributed by atoms with van der Waals surface area (Å²) in [6.45, 7) is 10.1. The lowest BCUT2D eigenvalue weighted by molar-refractivity contribution is -0.132. The van der Waals surface area contributed by atoms with E-state index < -0.39 is 0 Å². The van der Waals surface area contributed by atoms with Gasteiger partial charge in [-0.1, -0.05) is 25.9 Å². The third-order valence-corrected chi connectivity index (χ3v) is 5.18. The topological polar surface area (TPSA) is 59.2 Å². The molecule has 0 aliphatic carbocycles. The van der Waals surface area contributed by atoms with E-state index in [1.165, 1.54) is 0 Å². The Balaban J connectivity index is 1.69. The average Bonchev–Trinajstić information content (AvgIpc) is 2.89. The highest BCUT2D eigenvalue weighted by Gasteiger charge is 2.26. The summed E-state index contributed by atoms with van der Waals surface area (Å²) < 4.78 is 5.32. The van der Waals surface area contributed by atoms with Gasteiger partial charge in [-0.15, -0.1) is 0 Å². The molecule has 0 unspecified atom stereocenters. The minimum atomic E-state index is 0.282. The number of piperidine rings is 1. The summed E-state index contributed by atoms with van der Waals surface area (Å²) in [5, 5.41) is 4.00. The van der Waals surface area contributed by atoms with Gasteiger partial charge in [0.2, 0.25) is 11.8 Å². The number of carbonyl (C=O) groups is 1. The van der Waals surface area contributed by atoms with E-state index in [4.69, 9.17) is 4.52 Å². The average molecular weight is 325 g/mol. The molecule has 1 fully saturated rings. The van der Waals surface area contributed by atoms with Crippen molar-refractivity contribution in [3.63, 3.8) is 0 Å². The Bertz CT molecular complexity index is 488. The van der Waals surface area contributed by atoms with Crippen LogP contribution >= 0.6 is 11.8 Å². The van der Waals surface area contributed by atoms with Crippen molar-refractivity contribution in [3.8, 4) is 0 Å². The zero-order valence-corrected chi connectivity index (χ0v) is 14.9. The maximum Gasteiger partial charge on any atom is 0.223 e. The predicted octanol–water partition coefficient (Wildman–Crippen LogP) is 3.40. The van der Waals surface area contributed by atoms with E-state index >= 15 is 0 Å². The molecule has 0 atom stereocenters. The van der Waals surface area contributed by atoms with Crippen molar-refractivity contribution in [2.24, 2.45) is 0 Å². The number of rotatable bonds is 5. The van der Waals surface area contributed by atoms with Gasteiger partial charge in [-0.2, -0.15) is 16.7 Å². The van der Waals surface area contributed by atoms with Gasteiger partial charge >= 0.3 is 0 Å². The minimum absolute atomic E-state index is 0.282. The molecule has 1 saturated heterocycles. The Morgan fingerprint density at radius 3 is 2.59 bits per heavy atom. The fraction of sp³-hybridized carbons (Fsp3) is 0.812. The van der Waals surface area contributed by atoms with Crippen molar-refractivity contribution in [1.29, 1.82) is 0 Å². The van der Waals surface area contributed by atoms with Gasteiger partial charge in [0, 0.05) is 37.1 Å². The normalized spacial score (nSPS) is 17.0. The summed E-state index contributed by atoms with van der Waals surface area (Å²) in [6, 6.07) is 0. The van der Waals surface area contributed by atoms with Gasteiger partial charge in [-0.25, -0.2) is 0 Å². The number of amides is 1. The summed E-state index contributed by atoms with van der Waals surface area (Å²) in [5.74, 6) is 3.08. The zero-order chi connectivity index (χ0) is 16.2. The standard InChI is InChI=1S/C16H27N3O2S/c1-12-17-15(18-21-12)13-7-9-19(10-8-13)14(20)6-5-11-22-16(2,3)4/h13H,5-11H2,1-4H3.